The van der Waals surface area contributed by atoms with E-state index in [-0.39, 0.29) is 6.04 Å². The first-order chi connectivity index (χ1) is 17.5. The molecule has 2 aromatic heterocycles. The van der Waals surface area contributed by atoms with Crippen molar-refractivity contribution in [3.8, 4) is 11.1 Å². The fourth-order valence-electron chi connectivity index (χ4n) is 4.63. The predicted molar refractivity (Wildman–Crippen MR) is 140 cm³/mol. The molecule has 1 aliphatic heterocycles. The Labute approximate surface area is 221 Å². The molecule has 4 aromatic rings. The zero-order valence-electron chi connectivity index (χ0n) is 20.0. The molecule has 3 heterocycles. The molecule has 2 atom stereocenters. The van der Waals surface area contributed by atoms with E-state index in [1.807, 2.05) is 11.8 Å². The second kappa shape index (κ2) is 9.70. The first-order valence-electron chi connectivity index (χ1n) is 11.7. The van der Waals surface area contributed by atoms with Crippen LogP contribution in [0.5, 0.6) is 0 Å². The number of nitrogens with zero attached hydrogens (tertiary/aromatic N) is 4. The van der Waals surface area contributed by atoms with E-state index in [1.165, 1.54) is 0 Å². The third-order valence-electron chi connectivity index (χ3n) is 6.58. The van der Waals surface area contributed by atoms with Crippen LogP contribution in [-0.4, -0.2) is 45.7 Å². The van der Waals surface area contributed by atoms with Crippen molar-refractivity contribution in [3.05, 3.63) is 69.8 Å². The van der Waals surface area contributed by atoms with Gasteiger partial charge in [0, 0.05) is 48.0 Å². The SMILES string of the molecule is CC(O)c1cnc(N2CCN(c3nc4c(-c5ccc(Cl)cc5)cc(C(F)(F)F)cc4[nH]3)C(C)C2)c(Cl)c1. The Morgan fingerprint density at radius 1 is 1.11 bits per heavy atom. The number of hydrogen-bond acceptors (Lipinski definition) is 5. The first-order valence-corrected chi connectivity index (χ1v) is 12.5. The van der Waals surface area contributed by atoms with E-state index in [0.29, 0.717) is 69.2 Å². The predicted octanol–water partition coefficient (Wildman–Crippen LogP) is 6.72. The molecule has 0 spiro atoms. The number of hydrogen-bond donors (Lipinski definition) is 2. The summed E-state index contributed by atoms with van der Waals surface area (Å²) in [6.45, 7) is 5.38. The van der Waals surface area contributed by atoms with Crippen molar-refractivity contribution in [1.29, 1.82) is 0 Å². The summed E-state index contributed by atoms with van der Waals surface area (Å²) in [5, 5.41) is 10.7. The Balaban J connectivity index is 1.47. The molecular weight excluding hydrogens is 526 g/mol. The molecule has 1 fully saturated rings. The number of piperazine rings is 1. The molecule has 37 heavy (non-hydrogen) atoms. The van der Waals surface area contributed by atoms with Crippen LogP contribution in [0.3, 0.4) is 0 Å². The summed E-state index contributed by atoms with van der Waals surface area (Å²) in [6.07, 6.45) is -3.56. The van der Waals surface area contributed by atoms with Crippen LogP contribution in [0.25, 0.3) is 22.2 Å². The van der Waals surface area contributed by atoms with E-state index in [9.17, 15) is 18.3 Å². The molecule has 2 N–H and O–H groups in total. The molecule has 1 aliphatic rings. The molecule has 5 rings (SSSR count). The average molecular weight is 550 g/mol. The van der Waals surface area contributed by atoms with E-state index in [4.69, 9.17) is 28.2 Å². The number of pyridine rings is 1. The molecule has 0 amide bonds. The van der Waals surface area contributed by atoms with Crippen molar-refractivity contribution in [1.82, 2.24) is 15.0 Å². The van der Waals surface area contributed by atoms with Crippen LogP contribution in [0, 0.1) is 0 Å². The summed E-state index contributed by atoms with van der Waals surface area (Å²) in [5.74, 6) is 1.13. The number of aliphatic hydroxyl groups excluding tert-OH is 1. The van der Waals surface area contributed by atoms with Crippen LogP contribution in [0.1, 0.15) is 31.1 Å². The number of aromatic amines is 1. The Hall–Kier alpha value is -3.01. The molecule has 0 aliphatic carbocycles. The number of rotatable bonds is 4. The zero-order chi connectivity index (χ0) is 26.5. The number of alkyl halides is 3. The van der Waals surface area contributed by atoms with Crippen LogP contribution in [-0.2, 0) is 6.18 Å². The van der Waals surface area contributed by atoms with Gasteiger partial charge in [-0.25, -0.2) is 9.97 Å². The monoisotopic (exact) mass is 549 g/mol. The van der Waals surface area contributed by atoms with Crippen LogP contribution in [0.15, 0.2) is 48.7 Å². The van der Waals surface area contributed by atoms with E-state index in [1.54, 1.807) is 43.5 Å². The maximum Gasteiger partial charge on any atom is 0.416 e. The van der Waals surface area contributed by atoms with Crippen molar-refractivity contribution in [2.45, 2.75) is 32.2 Å². The number of benzene rings is 2. The van der Waals surface area contributed by atoms with Crippen LogP contribution >= 0.6 is 23.2 Å². The maximum absolute atomic E-state index is 13.7. The van der Waals surface area contributed by atoms with Gasteiger partial charge in [-0.3, -0.25) is 0 Å². The Bertz CT molecular complexity index is 1440. The lowest BCUT2D eigenvalue weighted by molar-refractivity contribution is -0.137. The number of aromatic nitrogens is 3. The van der Waals surface area contributed by atoms with E-state index in [2.05, 4.69) is 14.9 Å². The summed E-state index contributed by atoms with van der Waals surface area (Å²) in [5.41, 5.74) is 1.63. The molecule has 2 unspecified atom stereocenters. The van der Waals surface area contributed by atoms with Gasteiger partial charge in [0.15, 0.2) is 0 Å². The molecule has 1 saturated heterocycles. The Kier molecular flexibility index (Phi) is 6.72. The number of H-pyrrole nitrogens is 1. The molecule has 6 nitrogen and oxygen atoms in total. The first kappa shape index (κ1) is 25.6. The second-order valence-corrected chi connectivity index (χ2v) is 10.1. The summed E-state index contributed by atoms with van der Waals surface area (Å²) >= 11 is 12.4. The van der Waals surface area contributed by atoms with Gasteiger partial charge in [0.05, 0.1) is 27.7 Å². The lowest BCUT2D eigenvalue weighted by Gasteiger charge is -2.40. The summed E-state index contributed by atoms with van der Waals surface area (Å²) in [6, 6.07) is 10.6. The van der Waals surface area contributed by atoms with Gasteiger partial charge in [-0.1, -0.05) is 35.3 Å². The van der Waals surface area contributed by atoms with Crippen molar-refractivity contribution in [3.63, 3.8) is 0 Å². The third kappa shape index (κ3) is 5.08. The Morgan fingerprint density at radius 2 is 1.84 bits per heavy atom. The lowest BCUT2D eigenvalue weighted by atomic mass is 10.0. The lowest BCUT2D eigenvalue weighted by Crippen LogP contribution is -2.52. The smallest absolute Gasteiger partial charge is 0.389 e. The number of anilines is 2. The van der Waals surface area contributed by atoms with Gasteiger partial charge < -0.3 is 19.9 Å². The molecule has 0 saturated carbocycles. The van der Waals surface area contributed by atoms with E-state index in [0.717, 1.165) is 12.1 Å². The Morgan fingerprint density at radius 3 is 2.46 bits per heavy atom. The van der Waals surface area contributed by atoms with Crippen LogP contribution in [0.4, 0.5) is 24.9 Å². The van der Waals surface area contributed by atoms with Crippen molar-refractivity contribution in [2.75, 3.05) is 29.4 Å². The number of fused-ring (bicyclic) bond motifs is 1. The standard InChI is InChI=1S/C26H24Cl2F3N5O/c1-14-13-35(24-21(28)9-17(12-32-24)15(2)37)7-8-36(14)25-33-22-11-18(26(29,30)31)10-20(23(22)34-25)16-3-5-19(27)6-4-16/h3-6,9-12,14-15,37H,7-8,13H2,1-2H3,(H,33,34). The highest BCUT2D eigenvalue weighted by Crippen LogP contribution is 2.38. The van der Waals surface area contributed by atoms with Crippen molar-refractivity contribution >= 4 is 46.0 Å². The van der Waals surface area contributed by atoms with Gasteiger partial charge in [0.1, 0.15) is 5.82 Å². The highest BCUT2D eigenvalue weighted by molar-refractivity contribution is 6.33. The molecule has 0 radical (unpaired) electrons. The maximum atomic E-state index is 13.7. The topological polar surface area (TPSA) is 68.3 Å². The van der Waals surface area contributed by atoms with Crippen molar-refractivity contribution in [2.24, 2.45) is 0 Å². The molecular formula is C26H24Cl2F3N5O. The van der Waals surface area contributed by atoms with Gasteiger partial charge in [0.2, 0.25) is 5.95 Å². The van der Waals surface area contributed by atoms with E-state index < -0.39 is 17.8 Å². The number of aliphatic hydroxyl groups is 1. The minimum atomic E-state index is -4.50. The fourth-order valence-corrected chi connectivity index (χ4v) is 5.05. The summed E-state index contributed by atoms with van der Waals surface area (Å²) in [4.78, 5) is 16.4. The minimum absolute atomic E-state index is 0.0373. The van der Waals surface area contributed by atoms with Gasteiger partial charge in [-0.15, -0.1) is 0 Å². The largest absolute Gasteiger partial charge is 0.416 e. The minimum Gasteiger partial charge on any atom is -0.389 e. The molecule has 194 valence electrons. The second-order valence-electron chi connectivity index (χ2n) is 9.22. The van der Waals surface area contributed by atoms with Crippen LogP contribution in [0.2, 0.25) is 10.0 Å². The molecule has 2 aromatic carbocycles. The highest BCUT2D eigenvalue weighted by Gasteiger charge is 2.33. The average Bonchev–Trinajstić information content (AvgIpc) is 3.27. The number of nitrogens with one attached hydrogen (secondary N) is 1. The third-order valence-corrected chi connectivity index (χ3v) is 7.11. The van der Waals surface area contributed by atoms with Gasteiger partial charge >= 0.3 is 6.18 Å². The number of imidazole rings is 1. The van der Waals surface area contributed by atoms with Crippen molar-refractivity contribution < 1.29 is 18.3 Å². The summed E-state index contributed by atoms with van der Waals surface area (Å²) < 4.78 is 41.1. The van der Waals surface area contributed by atoms with E-state index >= 15 is 0 Å². The fraction of sp³-hybridized carbons (Fsp3) is 0.308. The van der Waals surface area contributed by atoms with Gasteiger partial charge in [-0.2, -0.15) is 13.2 Å². The number of halogens is 5. The normalized spacial score (nSPS) is 17.5. The van der Waals surface area contributed by atoms with Gasteiger partial charge in [0.25, 0.3) is 0 Å². The molecule has 11 heteroatoms. The molecule has 0 bridgehead atoms. The highest BCUT2D eigenvalue weighted by atomic mass is 35.5. The quantitative estimate of drug-likeness (QED) is 0.295. The van der Waals surface area contributed by atoms with Crippen LogP contribution < -0.4 is 9.80 Å². The van der Waals surface area contributed by atoms with Gasteiger partial charge in [-0.05, 0) is 49.7 Å². The summed E-state index contributed by atoms with van der Waals surface area (Å²) in [7, 11) is 0. The zero-order valence-corrected chi connectivity index (χ0v) is 21.5.